The van der Waals surface area contributed by atoms with Gasteiger partial charge in [-0.25, -0.2) is 13.2 Å². The van der Waals surface area contributed by atoms with Crippen LogP contribution < -0.4 is 5.32 Å². The molecule has 0 spiro atoms. The minimum absolute atomic E-state index is 0.0326. The Bertz CT molecular complexity index is 1520. The van der Waals surface area contributed by atoms with Gasteiger partial charge in [-0.1, -0.05) is 35.0 Å². The average Bonchev–Trinajstić information content (AvgIpc) is 3.46. The minimum atomic E-state index is -0.740. The number of aromatic amines is 1. The van der Waals surface area contributed by atoms with Crippen LogP contribution in [0.4, 0.5) is 13.2 Å². The summed E-state index contributed by atoms with van der Waals surface area (Å²) in [5, 5.41) is 7.67. The van der Waals surface area contributed by atoms with Gasteiger partial charge in [0, 0.05) is 28.7 Å². The van der Waals surface area contributed by atoms with E-state index in [-0.39, 0.29) is 18.7 Å². The van der Waals surface area contributed by atoms with Crippen LogP contribution in [-0.4, -0.2) is 16.0 Å². The Balaban J connectivity index is 1.46. The summed E-state index contributed by atoms with van der Waals surface area (Å²) in [6, 6.07) is 14.5. The van der Waals surface area contributed by atoms with Crippen molar-refractivity contribution in [3.05, 3.63) is 113 Å². The number of carbonyl (C=O) groups is 1. The van der Waals surface area contributed by atoms with Gasteiger partial charge in [-0.2, -0.15) is 0 Å². The number of aryl methyl sites for hydroxylation is 1. The first-order valence-electron chi connectivity index (χ1n) is 11.4. The topological polar surface area (TPSA) is 70.9 Å². The summed E-state index contributed by atoms with van der Waals surface area (Å²) >= 11 is 0. The van der Waals surface area contributed by atoms with Crippen molar-refractivity contribution in [1.29, 1.82) is 0 Å². The van der Waals surface area contributed by atoms with E-state index in [1.807, 2.05) is 31.2 Å². The van der Waals surface area contributed by atoms with E-state index in [0.717, 1.165) is 17.2 Å². The maximum atomic E-state index is 13.9. The monoisotopic (exact) mass is 489 g/mol. The van der Waals surface area contributed by atoms with Crippen molar-refractivity contribution in [2.75, 3.05) is 0 Å². The lowest BCUT2D eigenvalue weighted by Crippen LogP contribution is -2.31. The normalized spacial score (nSPS) is 12.1. The van der Waals surface area contributed by atoms with Crippen LogP contribution in [0.3, 0.4) is 0 Å². The number of carbonyl (C=O) groups excluding carboxylic acids is 1. The molecule has 0 saturated heterocycles. The van der Waals surface area contributed by atoms with Gasteiger partial charge in [0.05, 0.1) is 12.5 Å². The molecule has 36 heavy (non-hydrogen) atoms. The Morgan fingerprint density at radius 3 is 2.50 bits per heavy atom. The molecule has 0 saturated carbocycles. The first-order chi connectivity index (χ1) is 17.4. The molecular weight excluding hydrogens is 467 g/mol. The van der Waals surface area contributed by atoms with Crippen LogP contribution in [0.25, 0.3) is 22.0 Å². The van der Waals surface area contributed by atoms with Gasteiger partial charge in [0.15, 0.2) is 0 Å². The minimum Gasteiger partial charge on any atom is -0.364 e. The van der Waals surface area contributed by atoms with Crippen molar-refractivity contribution in [2.45, 2.75) is 25.8 Å². The molecule has 0 bridgehead atoms. The lowest BCUT2D eigenvalue weighted by molar-refractivity contribution is -0.121. The van der Waals surface area contributed by atoms with E-state index >= 15 is 0 Å². The van der Waals surface area contributed by atoms with Crippen LogP contribution in [0.5, 0.6) is 0 Å². The number of benzene rings is 3. The van der Waals surface area contributed by atoms with Crippen molar-refractivity contribution in [1.82, 2.24) is 15.5 Å². The number of nitrogens with zero attached hydrogens (tertiary/aromatic N) is 1. The first-order valence-corrected chi connectivity index (χ1v) is 11.4. The highest BCUT2D eigenvalue weighted by Crippen LogP contribution is 2.30. The van der Waals surface area contributed by atoms with Gasteiger partial charge < -0.3 is 14.8 Å². The second kappa shape index (κ2) is 9.73. The fourth-order valence-electron chi connectivity index (χ4n) is 4.34. The number of hydrogen-bond acceptors (Lipinski definition) is 3. The van der Waals surface area contributed by atoms with Crippen LogP contribution in [-0.2, 0) is 17.6 Å². The lowest BCUT2D eigenvalue weighted by atomic mass is 9.96. The predicted octanol–water partition coefficient (Wildman–Crippen LogP) is 6.19. The molecule has 0 radical (unpaired) electrons. The Kier molecular flexibility index (Phi) is 6.33. The summed E-state index contributed by atoms with van der Waals surface area (Å²) in [5.74, 6) is -2.19. The summed E-state index contributed by atoms with van der Waals surface area (Å²) in [5.41, 5.74) is 4.68. The van der Waals surface area contributed by atoms with E-state index < -0.39 is 23.5 Å². The van der Waals surface area contributed by atoms with E-state index in [4.69, 9.17) is 4.52 Å². The molecular formula is C28H22F3N3O2. The van der Waals surface area contributed by atoms with Gasteiger partial charge in [-0.3, -0.25) is 4.79 Å². The Hall–Kier alpha value is -4.33. The Labute approximate surface area is 204 Å². The third-order valence-electron chi connectivity index (χ3n) is 6.07. The highest BCUT2D eigenvalue weighted by molar-refractivity contribution is 5.89. The molecule has 1 unspecified atom stereocenters. The molecule has 2 aromatic heterocycles. The number of rotatable bonds is 7. The predicted molar refractivity (Wildman–Crippen MR) is 130 cm³/mol. The molecule has 5 rings (SSSR count). The van der Waals surface area contributed by atoms with E-state index in [1.54, 1.807) is 12.3 Å². The third-order valence-corrected chi connectivity index (χ3v) is 6.07. The van der Waals surface area contributed by atoms with Crippen LogP contribution in [0.15, 0.2) is 77.6 Å². The Morgan fingerprint density at radius 2 is 1.75 bits per heavy atom. The molecule has 2 heterocycles. The number of halogens is 3. The number of aromatic nitrogens is 2. The molecule has 2 N–H and O–H groups in total. The summed E-state index contributed by atoms with van der Waals surface area (Å²) < 4.78 is 46.8. The second-order valence-corrected chi connectivity index (χ2v) is 8.76. The summed E-state index contributed by atoms with van der Waals surface area (Å²) in [6.45, 7) is 1.97. The zero-order chi connectivity index (χ0) is 25.2. The van der Waals surface area contributed by atoms with E-state index in [2.05, 4.69) is 15.5 Å². The van der Waals surface area contributed by atoms with Gasteiger partial charge in [-0.15, -0.1) is 0 Å². The molecule has 1 atom stereocenters. The molecule has 0 aliphatic rings. The van der Waals surface area contributed by atoms with Crippen molar-refractivity contribution >= 4 is 16.8 Å². The van der Waals surface area contributed by atoms with Crippen molar-refractivity contribution in [3.63, 3.8) is 0 Å². The zero-order valence-electron chi connectivity index (χ0n) is 19.3. The highest BCUT2D eigenvalue weighted by Gasteiger charge is 2.24. The highest BCUT2D eigenvalue weighted by atomic mass is 19.1. The quantitative estimate of drug-likeness (QED) is 0.286. The van der Waals surface area contributed by atoms with Gasteiger partial charge in [0.2, 0.25) is 5.91 Å². The molecule has 8 heteroatoms. The number of nitrogens with one attached hydrogen (secondary N) is 2. The van der Waals surface area contributed by atoms with Crippen LogP contribution in [0, 0.1) is 24.4 Å². The van der Waals surface area contributed by atoms with Crippen molar-refractivity contribution in [3.8, 4) is 11.1 Å². The fraction of sp³-hybridized carbons (Fsp3) is 0.143. The number of fused-ring (bicyclic) bond motifs is 1. The second-order valence-electron chi connectivity index (χ2n) is 8.76. The molecule has 0 fully saturated rings. The number of H-pyrrole nitrogens is 1. The first kappa shape index (κ1) is 23.4. The van der Waals surface area contributed by atoms with Crippen molar-refractivity contribution in [2.24, 2.45) is 0 Å². The van der Waals surface area contributed by atoms with Crippen LogP contribution in [0.2, 0.25) is 0 Å². The average molecular weight is 489 g/mol. The van der Waals surface area contributed by atoms with Crippen LogP contribution in [0.1, 0.15) is 28.4 Å². The van der Waals surface area contributed by atoms with E-state index in [1.165, 1.54) is 30.5 Å². The SMILES string of the molecule is Cc1ccc(-c2conc2C(Cc2cc(F)cc(F)c2)NC(=O)Cc2c[nH]c3ccc(F)cc23)cc1. The van der Waals surface area contributed by atoms with Gasteiger partial charge in [0.25, 0.3) is 0 Å². The van der Waals surface area contributed by atoms with E-state index in [0.29, 0.717) is 33.3 Å². The molecule has 5 nitrogen and oxygen atoms in total. The molecule has 5 aromatic rings. The summed E-state index contributed by atoms with van der Waals surface area (Å²) in [4.78, 5) is 16.2. The third kappa shape index (κ3) is 5.02. The molecule has 0 aliphatic heterocycles. The van der Waals surface area contributed by atoms with E-state index in [9.17, 15) is 18.0 Å². The maximum absolute atomic E-state index is 13.9. The standard InChI is InChI=1S/C28H22F3N3O2/c1-16-2-4-18(5-3-16)24-15-36-34-28(24)26(10-17-8-21(30)12-22(31)9-17)33-27(35)11-19-14-32-25-7-6-20(29)13-23(19)25/h2-9,12-15,26,32H,10-11H2,1H3,(H,33,35). The molecule has 0 aliphatic carbocycles. The van der Waals surface area contributed by atoms with Crippen molar-refractivity contribution < 1.29 is 22.5 Å². The molecule has 1 amide bonds. The van der Waals surface area contributed by atoms with Gasteiger partial charge in [0.1, 0.15) is 29.4 Å². The number of amides is 1. The van der Waals surface area contributed by atoms with Gasteiger partial charge >= 0.3 is 0 Å². The Morgan fingerprint density at radius 1 is 1.00 bits per heavy atom. The summed E-state index contributed by atoms with van der Waals surface area (Å²) in [6.07, 6.45) is 3.19. The maximum Gasteiger partial charge on any atom is 0.225 e. The molecule has 182 valence electrons. The molecule has 3 aromatic carbocycles. The van der Waals surface area contributed by atoms with Crippen LogP contribution >= 0.6 is 0 Å². The smallest absolute Gasteiger partial charge is 0.225 e. The number of hydrogen-bond donors (Lipinski definition) is 2. The largest absolute Gasteiger partial charge is 0.364 e. The summed E-state index contributed by atoms with van der Waals surface area (Å²) in [7, 11) is 0. The zero-order valence-corrected chi connectivity index (χ0v) is 19.3. The van der Waals surface area contributed by atoms with Gasteiger partial charge in [-0.05, 0) is 60.4 Å². The fourth-order valence-corrected chi connectivity index (χ4v) is 4.34. The lowest BCUT2D eigenvalue weighted by Gasteiger charge is -2.18.